The second kappa shape index (κ2) is 3.83. The molecule has 0 radical (unpaired) electrons. The summed E-state index contributed by atoms with van der Waals surface area (Å²) in [5.41, 5.74) is 0.429. The van der Waals surface area contributed by atoms with Gasteiger partial charge in [0.1, 0.15) is 5.00 Å². The molecule has 0 bridgehead atoms. The summed E-state index contributed by atoms with van der Waals surface area (Å²) in [5.74, 6) is -0.378. The van der Waals surface area contributed by atoms with Crippen LogP contribution in [0.25, 0.3) is 0 Å². The maximum Gasteiger partial charge on any atom is 0.337 e. The van der Waals surface area contributed by atoms with Crippen molar-refractivity contribution in [3.8, 4) is 0 Å². The Hall–Kier alpha value is -0.960. The third-order valence-electron chi connectivity index (χ3n) is 1.71. The number of carbonyl (C=O) groups excluding carboxylic acids is 1. The Balaban J connectivity index is 2.82. The van der Waals surface area contributed by atoms with E-state index in [9.17, 15) is 4.79 Å². The third kappa shape index (κ3) is 2.25. The first-order valence-electron chi connectivity index (χ1n) is 4.09. The number of ether oxygens (including phenoxy) is 1. The fraction of sp³-hybridized carbons (Fsp3) is 0.444. The van der Waals surface area contributed by atoms with Gasteiger partial charge < -0.3 is 10.1 Å². The Kier molecular flexibility index (Phi) is 2.98. The SMILES string of the molecule is CCOC(=O)C1=CC=CNC1(C)Cl. The molecule has 0 fully saturated rings. The zero-order valence-electron chi connectivity index (χ0n) is 7.63. The van der Waals surface area contributed by atoms with Crippen molar-refractivity contribution in [2.45, 2.75) is 18.8 Å². The van der Waals surface area contributed by atoms with Crippen LogP contribution in [0.5, 0.6) is 0 Å². The number of carbonyl (C=O) groups is 1. The summed E-state index contributed by atoms with van der Waals surface area (Å²) in [6, 6.07) is 0. The quantitative estimate of drug-likeness (QED) is 0.419. The number of rotatable bonds is 2. The molecule has 4 heteroatoms. The van der Waals surface area contributed by atoms with Crippen molar-refractivity contribution in [1.82, 2.24) is 5.32 Å². The summed E-state index contributed by atoms with van der Waals surface area (Å²) in [4.78, 5) is 10.5. The lowest BCUT2D eigenvalue weighted by Crippen LogP contribution is -2.40. The summed E-state index contributed by atoms with van der Waals surface area (Å²) in [5, 5.41) is 2.86. The van der Waals surface area contributed by atoms with Gasteiger partial charge in [-0.25, -0.2) is 4.79 Å². The van der Waals surface area contributed by atoms with E-state index in [2.05, 4.69) is 5.32 Å². The van der Waals surface area contributed by atoms with E-state index in [1.165, 1.54) is 0 Å². The zero-order valence-corrected chi connectivity index (χ0v) is 8.39. The molecule has 1 rings (SSSR count). The lowest BCUT2D eigenvalue weighted by Gasteiger charge is -2.26. The van der Waals surface area contributed by atoms with Crippen LogP contribution < -0.4 is 5.32 Å². The van der Waals surface area contributed by atoms with Crippen molar-refractivity contribution in [3.05, 3.63) is 23.9 Å². The molecule has 13 heavy (non-hydrogen) atoms. The van der Waals surface area contributed by atoms with Gasteiger partial charge in [-0.05, 0) is 32.2 Å². The molecule has 1 unspecified atom stereocenters. The fourth-order valence-electron chi connectivity index (χ4n) is 1.05. The third-order valence-corrected chi connectivity index (χ3v) is 2.03. The van der Waals surface area contributed by atoms with Crippen LogP contribution in [-0.4, -0.2) is 17.6 Å². The minimum atomic E-state index is -0.860. The number of dihydropyridines is 1. The fourth-order valence-corrected chi connectivity index (χ4v) is 1.25. The van der Waals surface area contributed by atoms with Crippen molar-refractivity contribution in [2.75, 3.05) is 6.61 Å². The van der Waals surface area contributed by atoms with Gasteiger partial charge in [-0.2, -0.15) is 0 Å². The van der Waals surface area contributed by atoms with Gasteiger partial charge in [-0.15, -0.1) is 0 Å². The van der Waals surface area contributed by atoms with E-state index in [1.54, 1.807) is 32.2 Å². The maximum atomic E-state index is 11.4. The average molecular weight is 202 g/mol. The monoisotopic (exact) mass is 201 g/mol. The Morgan fingerprint density at radius 1 is 1.77 bits per heavy atom. The Morgan fingerprint density at radius 3 is 3.00 bits per heavy atom. The minimum absolute atomic E-state index is 0.354. The lowest BCUT2D eigenvalue weighted by molar-refractivity contribution is -0.139. The standard InChI is InChI=1S/C9H12ClNO2/c1-3-13-8(12)7-5-4-6-11-9(7,2)10/h4-6,11H,3H2,1-2H3. The first-order valence-corrected chi connectivity index (χ1v) is 4.46. The van der Waals surface area contributed by atoms with Crippen LogP contribution in [0.3, 0.4) is 0 Å². The van der Waals surface area contributed by atoms with E-state index in [0.717, 1.165) is 0 Å². The molecule has 1 aliphatic rings. The van der Waals surface area contributed by atoms with E-state index < -0.39 is 5.00 Å². The topological polar surface area (TPSA) is 38.3 Å². The highest BCUT2D eigenvalue weighted by molar-refractivity contribution is 6.28. The Labute approximate surface area is 82.4 Å². The normalized spacial score (nSPS) is 26.2. The predicted octanol–water partition coefficient (Wildman–Crippen LogP) is 1.55. The number of esters is 1. The van der Waals surface area contributed by atoms with E-state index in [0.29, 0.717) is 12.2 Å². The van der Waals surface area contributed by atoms with Crippen LogP contribution in [0.4, 0.5) is 0 Å². The van der Waals surface area contributed by atoms with Crippen LogP contribution >= 0.6 is 11.6 Å². The summed E-state index contributed by atoms with van der Waals surface area (Å²) < 4.78 is 4.85. The summed E-state index contributed by atoms with van der Waals surface area (Å²) >= 11 is 6.04. The highest BCUT2D eigenvalue weighted by atomic mass is 35.5. The molecule has 0 spiro atoms. The van der Waals surface area contributed by atoms with Crippen LogP contribution in [0.15, 0.2) is 23.9 Å². The van der Waals surface area contributed by atoms with Crippen LogP contribution in [0, 0.1) is 0 Å². The van der Waals surface area contributed by atoms with Crippen molar-refractivity contribution in [3.63, 3.8) is 0 Å². The van der Waals surface area contributed by atoms with Gasteiger partial charge >= 0.3 is 5.97 Å². The maximum absolute atomic E-state index is 11.4. The van der Waals surface area contributed by atoms with E-state index in [-0.39, 0.29) is 5.97 Å². The molecule has 0 aromatic heterocycles. The van der Waals surface area contributed by atoms with Gasteiger partial charge in [0.15, 0.2) is 0 Å². The number of allylic oxidation sites excluding steroid dienone is 2. The van der Waals surface area contributed by atoms with Crippen molar-refractivity contribution in [2.24, 2.45) is 0 Å². The zero-order chi connectivity index (χ0) is 9.90. The predicted molar refractivity (Wildman–Crippen MR) is 51.2 cm³/mol. The number of alkyl halides is 1. The molecule has 1 atom stereocenters. The lowest BCUT2D eigenvalue weighted by atomic mass is 10.1. The summed E-state index contributed by atoms with van der Waals surface area (Å²) in [6.45, 7) is 3.82. The molecule has 0 saturated heterocycles. The molecule has 0 amide bonds. The molecule has 0 saturated carbocycles. The van der Waals surface area contributed by atoms with Gasteiger partial charge in [0.2, 0.25) is 0 Å². The smallest absolute Gasteiger partial charge is 0.337 e. The molecule has 1 heterocycles. The molecule has 3 nitrogen and oxygen atoms in total. The second-order valence-corrected chi connectivity index (χ2v) is 3.56. The first kappa shape index (κ1) is 10.1. The van der Waals surface area contributed by atoms with E-state index >= 15 is 0 Å². The summed E-state index contributed by atoms with van der Waals surface area (Å²) in [7, 11) is 0. The highest BCUT2D eigenvalue weighted by Gasteiger charge is 2.32. The van der Waals surface area contributed by atoms with Gasteiger partial charge in [0, 0.05) is 0 Å². The molecular formula is C9H12ClNO2. The van der Waals surface area contributed by atoms with Crippen molar-refractivity contribution < 1.29 is 9.53 Å². The molecular weight excluding hydrogens is 190 g/mol. The van der Waals surface area contributed by atoms with Crippen LogP contribution in [-0.2, 0) is 9.53 Å². The minimum Gasteiger partial charge on any atom is -0.463 e. The van der Waals surface area contributed by atoms with E-state index in [4.69, 9.17) is 16.3 Å². The molecule has 1 aliphatic heterocycles. The first-order chi connectivity index (χ1) is 6.08. The van der Waals surface area contributed by atoms with Crippen LogP contribution in [0.2, 0.25) is 0 Å². The van der Waals surface area contributed by atoms with Gasteiger partial charge in [-0.3, -0.25) is 0 Å². The largest absolute Gasteiger partial charge is 0.463 e. The van der Waals surface area contributed by atoms with Crippen LogP contribution in [0.1, 0.15) is 13.8 Å². The second-order valence-electron chi connectivity index (χ2n) is 2.81. The van der Waals surface area contributed by atoms with Crippen molar-refractivity contribution >= 4 is 17.6 Å². The summed E-state index contributed by atoms with van der Waals surface area (Å²) in [6.07, 6.45) is 5.06. The average Bonchev–Trinajstić information content (AvgIpc) is 2.03. The number of hydrogen-bond donors (Lipinski definition) is 1. The van der Waals surface area contributed by atoms with Gasteiger partial charge in [0.05, 0.1) is 12.2 Å². The number of hydrogen-bond acceptors (Lipinski definition) is 3. The van der Waals surface area contributed by atoms with Gasteiger partial charge in [-0.1, -0.05) is 11.6 Å². The molecule has 0 aromatic rings. The highest BCUT2D eigenvalue weighted by Crippen LogP contribution is 2.25. The molecule has 72 valence electrons. The molecule has 0 aliphatic carbocycles. The Bertz CT molecular complexity index is 269. The van der Waals surface area contributed by atoms with Gasteiger partial charge in [0.25, 0.3) is 0 Å². The number of nitrogens with one attached hydrogen (secondary N) is 1. The molecule has 0 aromatic carbocycles. The number of halogens is 1. The molecule has 1 N–H and O–H groups in total. The van der Waals surface area contributed by atoms with Crippen molar-refractivity contribution in [1.29, 1.82) is 0 Å². The van der Waals surface area contributed by atoms with E-state index in [1.807, 2.05) is 0 Å². The Morgan fingerprint density at radius 2 is 2.46 bits per heavy atom.